The number of hydrogen-bond donors (Lipinski definition) is 1. The van der Waals surface area contributed by atoms with E-state index in [2.05, 4.69) is 54.2 Å². The van der Waals surface area contributed by atoms with Crippen molar-refractivity contribution >= 4 is 28.7 Å². The largest absolute Gasteiger partial charge is 0.313 e. The van der Waals surface area contributed by atoms with E-state index in [0.717, 1.165) is 19.5 Å². The van der Waals surface area contributed by atoms with Gasteiger partial charge in [-0.2, -0.15) is 0 Å². The average Bonchev–Trinajstić information content (AvgIpc) is 3.08. The average molecular weight is 291 g/mol. The summed E-state index contributed by atoms with van der Waals surface area (Å²) in [7, 11) is 0. The van der Waals surface area contributed by atoms with Crippen LogP contribution in [-0.2, 0) is 0 Å². The standard InChI is InChI=1S/C16H21NS2/c1-3-7-17-11-13(4-2)9-15-10-14(12-19-15)16-6-5-8-18-16/h5-6,8-10,12,17H,3-4,7,11H2,1-2H3. The van der Waals surface area contributed by atoms with E-state index in [1.165, 1.54) is 27.3 Å². The lowest BCUT2D eigenvalue weighted by molar-refractivity contribution is 0.706. The molecule has 2 rings (SSSR count). The normalized spacial score (nSPS) is 12.0. The first-order chi connectivity index (χ1) is 9.33. The van der Waals surface area contributed by atoms with Crippen LogP contribution in [0.5, 0.6) is 0 Å². The molecule has 0 aromatic carbocycles. The van der Waals surface area contributed by atoms with E-state index >= 15 is 0 Å². The topological polar surface area (TPSA) is 12.0 Å². The fourth-order valence-corrected chi connectivity index (χ4v) is 3.58. The fourth-order valence-electron chi connectivity index (χ4n) is 1.91. The van der Waals surface area contributed by atoms with E-state index in [1.807, 2.05) is 11.3 Å². The Morgan fingerprint density at radius 3 is 2.89 bits per heavy atom. The maximum atomic E-state index is 3.48. The van der Waals surface area contributed by atoms with Crippen molar-refractivity contribution in [2.75, 3.05) is 13.1 Å². The molecular weight excluding hydrogens is 270 g/mol. The highest BCUT2D eigenvalue weighted by Gasteiger charge is 2.03. The Hall–Kier alpha value is -0.900. The van der Waals surface area contributed by atoms with Crippen LogP contribution in [0, 0.1) is 0 Å². The van der Waals surface area contributed by atoms with Crippen molar-refractivity contribution in [2.24, 2.45) is 0 Å². The summed E-state index contributed by atoms with van der Waals surface area (Å²) in [6.45, 7) is 6.54. The van der Waals surface area contributed by atoms with Crippen molar-refractivity contribution in [3.8, 4) is 10.4 Å². The van der Waals surface area contributed by atoms with Gasteiger partial charge in [0.05, 0.1) is 0 Å². The predicted molar refractivity (Wildman–Crippen MR) is 89.1 cm³/mol. The van der Waals surface area contributed by atoms with E-state index in [0.29, 0.717) is 0 Å². The van der Waals surface area contributed by atoms with Crippen LogP contribution < -0.4 is 5.32 Å². The minimum absolute atomic E-state index is 1.01. The lowest BCUT2D eigenvalue weighted by Crippen LogP contribution is -2.17. The van der Waals surface area contributed by atoms with Gasteiger partial charge >= 0.3 is 0 Å². The van der Waals surface area contributed by atoms with E-state index in [-0.39, 0.29) is 0 Å². The summed E-state index contributed by atoms with van der Waals surface area (Å²) < 4.78 is 0. The Labute approximate surface area is 124 Å². The summed E-state index contributed by atoms with van der Waals surface area (Å²) in [6.07, 6.45) is 4.64. The van der Waals surface area contributed by atoms with Crippen molar-refractivity contribution in [1.29, 1.82) is 0 Å². The third kappa shape index (κ3) is 4.30. The van der Waals surface area contributed by atoms with Crippen LogP contribution in [0.1, 0.15) is 31.6 Å². The van der Waals surface area contributed by atoms with Crippen LogP contribution in [0.4, 0.5) is 0 Å². The molecule has 0 unspecified atom stereocenters. The Morgan fingerprint density at radius 1 is 1.32 bits per heavy atom. The maximum absolute atomic E-state index is 3.48. The van der Waals surface area contributed by atoms with E-state index in [1.54, 1.807) is 11.3 Å². The molecule has 1 nitrogen and oxygen atoms in total. The van der Waals surface area contributed by atoms with Crippen LogP contribution in [0.3, 0.4) is 0 Å². The second-order valence-corrected chi connectivity index (χ2v) is 6.44. The van der Waals surface area contributed by atoms with E-state index in [9.17, 15) is 0 Å². The molecule has 0 fully saturated rings. The van der Waals surface area contributed by atoms with Gasteiger partial charge in [0.1, 0.15) is 0 Å². The fraction of sp³-hybridized carbons (Fsp3) is 0.375. The number of rotatable bonds is 7. The summed E-state index contributed by atoms with van der Waals surface area (Å²) in [5, 5.41) is 7.87. The van der Waals surface area contributed by atoms with Gasteiger partial charge in [-0.25, -0.2) is 0 Å². The Bertz CT molecular complexity index is 509. The van der Waals surface area contributed by atoms with Crippen molar-refractivity contribution < 1.29 is 0 Å². The smallest absolute Gasteiger partial charge is 0.0351 e. The van der Waals surface area contributed by atoms with Crippen molar-refractivity contribution in [1.82, 2.24) is 5.32 Å². The second-order valence-electron chi connectivity index (χ2n) is 4.55. The quantitative estimate of drug-likeness (QED) is 0.685. The zero-order valence-electron chi connectivity index (χ0n) is 11.6. The highest BCUT2D eigenvalue weighted by atomic mass is 32.1. The van der Waals surface area contributed by atoms with Crippen molar-refractivity contribution in [3.63, 3.8) is 0 Å². The van der Waals surface area contributed by atoms with Gasteiger partial charge in [-0.3, -0.25) is 0 Å². The van der Waals surface area contributed by atoms with Crippen LogP contribution in [-0.4, -0.2) is 13.1 Å². The molecular formula is C16H21NS2. The molecule has 0 aliphatic carbocycles. The molecule has 0 amide bonds. The first-order valence-electron chi connectivity index (χ1n) is 6.86. The first kappa shape index (κ1) is 14.5. The number of nitrogens with one attached hydrogen (secondary N) is 1. The zero-order chi connectivity index (χ0) is 13.5. The molecule has 2 aromatic heterocycles. The summed E-state index contributed by atoms with van der Waals surface area (Å²) in [6, 6.07) is 6.59. The molecule has 0 saturated heterocycles. The molecule has 0 saturated carbocycles. The molecule has 3 heteroatoms. The van der Waals surface area contributed by atoms with Gasteiger partial charge in [0.15, 0.2) is 0 Å². The Kier molecular flexibility index (Phi) is 5.83. The molecule has 2 heterocycles. The lowest BCUT2D eigenvalue weighted by Gasteiger charge is -2.05. The highest BCUT2D eigenvalue weighted by Crippen LogP contribution is 2.30. The van der Waals surface area contributed by atoms with Crippen LogP contribution in [0.25, 0.3) is 16.5 Å². The summed E-state index contributed by atoms with van der Waals surface area (Å²) >= 11 is 3.64. The highest BCUT2D eigenvalue weighted by molar-refractivity contribution is 7.15. The zero-order valence-corrected chi connectivity index (χ0v) is 13.2. The minimum Gasteiger partial charge on any atom is -0.313 e. The van der Waals surface area contributed by atoms with Crippen LogP contribution in [0.2, 0.25) is 0 Å². The molecule has 2 aromatic rings. The SMILES string of the molecule is CCCNCC(=Cc1cc(-c2cccs2)cs1)CC. The van der Waals surface area contributed by atoms with Gasteiger partial charge in [0.2, 0.25) is 0 Å². The molecule has 0 spiro atoms. The molecule has 0 aliphatic rings. The van der Waals surface area contributed by atoms with E-state index < -0.39 is 0 Å². The number of thiophene rings is 2. The van der Waals surface area contributed by atoms with Crippen molar-refractivity contribution in [2.45, 2.75) is 26.7 Å². The minimum atomic E-state index is 1.01. The van der Waals surface area contributed by atoms with Crippen molar-refractivity contribution in [3.05, 3.63) is 39.4 Å². The predicted octanol–water partition coefficient (Wildman–Crippen LogP) is 5.27. The van der Waals surface area contributed by atoms with Gasteiger partial charge < -0.3 is 5.32 Å². The van der Waals surface area contributed by atoms with Crippen LogP contribution in [0.15, 0.2) is 34.5 Å². The Balaban J connectivity index is 2.04. The summed E-state index contributed by atoms with van der Waals surface area (Å²) in [5.74, 6) is 0. The molecule has 102 valence electrons. The summed E-state index contributed by atoms with van der Waals surface area (Å²) in [4.78, 5) is 2.72. The molecule has 0 atom stereocenters. The first-order valence-corrected chi connectivity index (χ1v) is 8.62. The van der Waals surface area contributed by atoms with E-state index in [4.69, 9.17) is 0 Å². The van der Waals surface area contributed by atoms with Crippen LogP contribution >= 0.6 is 22.7 Å². The Morgan fingerprint density at radius 2 is 2.21 bits per heavy atom. The van der Waals surface area contributed by atoms with Gasteiger partial charge in [0, 0.05) is 21.9 Å². The molecule has 1 N–H and O–H groups in total. The summed E-state index contributed by atoms with van der Waals surface area (Å²) in [5.41, 5.74) is 2.83. The molecule has 0 radical (unpaired) electrons. The lowest BCUT2D eigenvalue weighted by atomic mass is 10.1. The van der Waals surface area contributed by atoms with Gasteiger partial charge in [-0.15, -0.1) is 22.7 Å². The third-order valence-electron chi connectivity index (χ3n) is 3.00. The third-order valence-corrected chi connectivity index (χ3v) is 4.80. The maximum Gasteiger partial charge on any atom is 0.0351 e. The monoisotopic (exact) mass is 291 g/mol. The molecule has 19 heavy (non-hydrogen) atoms. The van der Waals surface area contributed by atoms with Gasteiger partial charge in [-0.05, 0) is 48.4 Å². The van der Waals surface area contributed by atoms with Gasteiger partial charge in [0.25, 0.3) is 0 Å². The second kappa shape index (κ2) is 7.63. The van der Waals surface area contributed by atoms with Gasteiger partial charge in [-0.1, -0.05) is 25.5 Å². The number of hydrogen-bond acceptors (Lipinski definition) is 3. The molecule has 0 aliphatic heterocycles. The molecule has 0 bridgehead atoms.